The molecule has 0 aliphatic carbocycles. The van der Waals surface area contributed by atoms with Gasteiger partial charge in [0.2, 0.25) is 11.0 Å². The summed E-state index contributed by atoms with van der Waals surface area (Å²) >= 11 is 0. The van der Waals surface area contributed by atoms with Crippen LogP contribution in [0.2, 0.25) is 0 Å². The Kier molecular flexibility index (Phi) is 3.66. The fraction of sp³-hybridized carbons (Fsp3) is 0.0690. The molecule has 6 rings (SSSR count). The van der Waals surface area contributed by atoms with E-state index in [1.165, 1.54) is 60.0 Å². The zero-order valence-corrected chi connectivity index (χ0v) is 17.2. The van der Waals surface area contributed by atoms with Crippen LogP contribution in [0.15, 0.2) is 97.1 Å². The summed E-state index contributed by atoms with van der Waals surface area (Å²) in [6.45, 7) is 2.18. The van der Waals surface area contributed by atoms with E-state index in [1.807, 2.05) is 0 Å². The number of fused-ring (bicyclic) bond motifs is 4. The van der Waals surface area contributed by atoms with Gasteiger partial charge in [0.15, 0.2) is 0 Å². The number of hydrogen-bond donors (Lipinski definition) is 0. The van der Waals surface area contributed by atoms with Crippen molar-refractivity contribution in [3.8, 4) is 11.1 Å². The molecule has 0 aliphatic heterocycles. The lowest BCUT2D eigenvalue weighted by Crippen LogP contribution is -2.30. The van der Waals surface area contributed by atoms with E-state index >= 15 is 0 Å². The second-order valence-corrected chi connectivity index (χ2v) is 8.17. The maximum atomic E-state index is 2.34. The van der Waals surface area contributed by atoms with Crippen molar-refractivity contribution >= 4 is 43.4 Å². The number of pyridine rings is 1. The van der Waals surface area contributed by atoms with E-state index in [9.17, 15) is 0 Å². The van der Waals surface area contributed by atoms with Crippen molar-refractivity contribution in [1.82, 2.24) is 0 Å². The van der Waals surface area contributed by atoms with Gasteiger partial charge in [0.1, 0.15) is 7.05 Å². The van der Waals surface area contributed by atoms with Crippen LogP contribution in [-0.4, -0.2) is 0 Å². The van der Waals surface area contributed by atoms with Gasteiger partial charge < -0.3 is 0 Å². The third-order valence-corrected chi connectivity index (χ3v) is 6.34. The average Bonchev–Trinajstić information content (AvgIpc) is 2.78. The molecule has 1 aromatic heterocycles. The molecule has 6 aromatic rings. The van der Waals surface area contributed by atoms with E-state index in [2.05, 4.69) is 116 Å². The molecule has 1 heterocycles. The molecule has 5 aromatic carbocycles. The molecule has 0 fully saturated rings. The Labute approximate surface area is 175 Å². The van der Waals surface area contributed by atoms with Gasteiger partial charge in [-0.05, 0) is 52.2 Å². The minimum absolute atomic E-state index is 1.25. The number of nitrogens with zero attached hydrogens (tertiary/aromatic N) is 1. The molecule has 1 heteroatoms. The molecule has 30 heavy (non-hydrogen) atoms. The molecule has 0 bridgehead atoms. The minimum Gasteiger partial charge on any atom is -0.194 e. The fourth-order valence-electron chi connectivity index (χ4n) is 4.95. The van der Waals surface area contributed by atoms with Crippen molar-refractivity contribution in [3.05, 3.63) is 103 Å². The van der Waals surface area contributed by atoms with Crippen LogP contribution >= 0.6 is 0 Å². The predicted octanol–water partition coefficient (Wildman–Crippen LogP) is 7.10. The Bertz CT molecular complexity index is 1550. The first-order valence-electron chi connectivity index (χ1n) is 10.4. The molecule has 0 unspecified atom stereocenters. The Morgan fingerprint density at radius 3 is 1.73 bits per heavy atom. The molecule has 0 radical (unpaired) electrons. The third kappa shape index (κ3) is 2.39. The minimum atomic E-state index is 1.25. The lowest BCUT2D eigenvalue weighted by Gasteiger charge is -2.16. The van der Waals surface area contributed by atoms with Crippen LogP contribution < -0.4 is 4.57 Å². The van der Waals surface area contributed by atoms with E-state index in [4.69, 9.17) is 0 Å². The van der Waals surface area contributed by atoms with Crippen molar-refractivity contribution in [2.45, 2.75) is 6.92 Å². The number of para-hydroxylation sites is 1. The number of hydrogen-bond acceptors (Lipinski definition) is 0. The fourth-order valence-corrected chi connectivity index (χ4v) is 4.95. The maximum Gasteiger partial charge on any atom is 0.213 e. The molecule has 0 amide bonds. The van der Waals surface area contributed by atoms with Crippen molar-refractivity contribution < 1.29 is 4.57 Å². The summed E-state index contributed by atoms with van der Waals surface area (Å²) in [6, 6.07) is 35.4. The first-order chi connectivity index (χ1) is 14.7. The van der Waals surface area contributed by atoms with Crippen LogP contribution in [-0.2, 0) is 7.05 Å². The second kappa shape index (κ2) is 6.40. The molecule has 0 aliphatic rings. The lowest BCUT2D eigenvalue weighted by molar-refractivity contribution is -0.617. The summed E-state index contributed by atoms with van der Waals surface area (Å²) in [5.41, 5.74) is 6.45. The van der Waals surface area contributed by atoms with Gasteiger partial charge in [0, 0.05) is 17.7 Å². The van der Waals surface area contributed by atoms with Crippen molar-refractivity contribution in [2.75, 3.05) is 0 Å². The normalized spacial score (nSPS) is 11.7. The average molecular weight is 385 g/mol. The summed E-state index contributed by atoms with van der Waals surface area (Å²) in [4.78, 5) is 0. The Morgan fingerprint density at radius 2 is 1.03 bits per heavy atom. The highest BCUT2D eigenvalue weighted by Crippen LogP contribution is 2.42. The number of aryl methyl sites for hydroxylation is 2. The SMILES string of the molecule is Cc1ccc2c(c1)c(-c1c3ccccc3cc3ccccc13)c1ccccc1[n+]2C. The molecule has 0 saturated heterocycles. The van der Waals surface area contributed by atoms with E-state index in [-0.39, 0.29) is 0 Å². The number of rotatable bonds is 1. The second-order valence-electron chi connectivity index (χ2n) is 8.17. The van der Waals surface area contributed by atoms with Gasteiger partial charge in [-0.2, -0.15) is 4.57 Å². The highest BCUT2D eigenvalue weighted by Gasteiger charge is 2.21. The van der Waals surface area contributed by atoms with E-state index in [1.54, 1.807) is 0 Å². The zero-order valence-electron chi connectivity index (χ0n) is 17.2. The van der Waals surface area contributed by atoms with Gasteiger partial charge in [-0.3, -0.25) is 0 Å². The van der Waals surface area contributed by atoms with Crippen LogP contribution in [0.4, 0.5) is 0 Å². The van der Waals surface area contributed by atoms with Gasteiger partial charge >= 0.3 is 0 Å². The van der Waals surface area contributed by atoms with E-state index < -0.39 is 0 Å². The van der Waals surface area contributed by atoms with Gasteiger partial charge in [-0.25, -0.2) is 0 Å². The maximum absolute atomic E-state index is 2.34. The molecule has 0 saturated carbocycles. The first-order valence-corrected chi connectivity index (χ1v) is 10.4. The van der Waals surface area contributed by atoms with Gasteiger partial charge in [0.25, 0.3) is 0 Å². The Hall–Kier alpha value is -3.71. The number of benzene rings is 5. The number of aromatic nitrogens is 1. The van der Waals surface area contributed by atoms with Crippen molar-refractivity contribution in [2.24, 2.45) is 7.05 Å². The monoisotopic (exact) mass is 384 g/mol. The summed E-state index contributed by atoms with van der Waals surface area (Å²) in [7, 11) is 2.17. The quantitative estimate of drug-likeness (QED) is 0.210. The third-order valence-electron chi connectivity index (χ3n) is 6.34. The van der Waals surface area contributed by atoms with Crippen LogP contribution in [0.3, 0.4) is 0 Å². The molecule has 0 N–H and O–H groups in total. The predicted molar refractivity (Wildman–Crippen MR) is 128 cm³/mol. The Balaban J connectivity index is 1.96. The summed E-state index contributed by atoms with van der Waals surface area (Å²) < 4.78 is 2.32. The first kappa shape index (κ1) is 17.2. The lowest BCUT2D eigenvalue weighted by atomic mass is 9.87. The molecule has 0 spiro atoms. The van der Waals surface area contributed by atoms with Crippen LogP contribution in [0.25, 0.3) is 54.5 Å². The van der Waals surface area contributed by atoms with Crippen LogP contribution in [0.5, 0.6) is 0 Å². The summed E-state index contributed by atoms with van der Waals surface area (Å²) in [5, 5.41) is 7.77. The van der Waals surface area contributed by atoms with Gasteiger partial charge in [0.05, 0.1) is 10.8 Å². The smallest absolute Gasteiger partial charge is 0.194 e. The molecular weight excluding hydrogens is 362 g/mol. The summed E-state index contributed by atoms with van der Waals surface area (Å²) in [6.07, 6.45) is 0. The van der Waals surface area contributed by atoms with Crippen molar-refractivity contribution in [1.29, 1.82) is 0 Å². The molecule has 1 nitrogen and oxygen atoms in total. The topological polar surface area (TPSA) is 3.88 Å². The summed E-state index contributed by atoms with van der Waals surface area (Å²) in [5.74, 6) is 0. The standard InChI is InChI=1S/C29H22N/c1-19-15-16-27-25(17-19)29(24-13-7-8-14-26(24)30(27)2)28-22-11-5-3-9-20(22)18-21-10-4-6-12-23(21)28/h3-18H,1-2H3/q+1. The van der Waals surface area contributed by atoms with Crippen LogP contribution in [0, 0.1) is 6.92 Å². The highest BCUT2D eigenvalue weighted by molar-refractivity contribution is 6.21. The molecule has 142 valence electrons. The largest absolute Gasteiger partial charge is 0.213 e. The zero-order chi connectivity index (χ0) is 20.2. The highest BCUT2D eigenvalue weighted by atomic mass is 14.9. The molecule has 0 atom stereocenters. The van der Waals surface area contributed by atoms with Crippen molar-refractivity contribution in [3.63, 3.8) is 0 Å². The van der Waals surface area contributed by atoms with Gasteiger partial charge in [-0.15, -0.1) is 0 Å². The van der Waals surface area contributed by atoms with Gasteiger partial charge in [-0.1, -0.05) is 72.3 Å². The van der Waals surface area contributed by atoms with E-state index in [0.29, 0.717) is 0 Å². The van der Waals surface area contributed by atoms with Crippen LogP contribution in [0.1, 0.15) is 5.56 Å². The van der Waals surface area contributed by atoms with E-state index in [0.717, 1.165) is 0 Å². The Morgan fingerprint density at radius 1 is 0.500 bits per heavy atom. The molecular formula is C29H22N+.